The van der Waals surface area contributed by atoms with E-state index in [1.807, 2.05) is 13.8 Å². The molecule has 2 aromatic carbocycles. The van der Waals surface area contributed by atoms with E-state index in [1.165, 1.54) is 36.4 Å². The number of carbonyl (C=O) groups excluding carboxylic acids is 1. The molecule has 2 aromatic rings. The Kier molecular flexibility index (Phi) is 7.75. The van der Waals surface area contributed by atoms with Gasteiger partial charge in [-0.2, -0.15) is 0 Å². The molecule has 1 heterocycles. The molecule has 0 bridgehead atoms. The lowest BCUT2D eigenvalue weighted by Crippen LogP contribution is -2.56. The molecule has 1 aliphatic rings. The van der Waals surface area contributed by atoms with Gasteiger partial charge in [-0.15, -0.1) is 0 Å². The Labute approximate surface area is 197 Å². The van der Waals surface area contributed by atoms with Gasteiger partial charge in [0.2, 0.25) is 0 Å². The number of non-ortho nitro benzene ring substituents is 1. The zero-order valence-electron chi connectivity index (χ0n) is 19.0. The highest BCUT2D eigenvalue weighted by molar-refractivity contribution is 7.92. The van der Waals surface area contributed by atoms with Gasteiger partial charge in [-0.1, -0.05) is 13.0 Å². The van der Waals surface area contributed by atoms with Crippen molar-refractivity contribution >= 4 is 27.3 Å². The third kappa shape index (κ3) is 5.82. The molecule has 1 aliphatic heterocycles. The summed E-state index contributed by atoms with van der Waals surface area (Å²) in [6, 6.07) is 8.34. The van der Waals surface area contributed by atoms with Gasteiger partial charge < -0.3 is 15.2 Å². The van der Waals surface area contributed by atoms with Crippen molar-refractivity contribution in [2.45, 2.75) is 30.7 Å². The maximum atomic E-state index is 12.9. The Morgan fingerprint density at radius 2 is 1.94 bits per heavy atom. The number of sulfonamides is 1. The van der Waals surface area contributed by atoms with Crippen LogP contribution in [0.1, 0.15) is 30.6 Å². The highest BCUT2D eigenvalue weighted by atomic mass is 32.2. The highest BCUT2D eigenvalue weighted by Crippen LogP contribution is 2.26. The van der Waals surface area contributed by atoms with Crippen LogP contribution in [0.5, 0.6) is 5.75 Å². The Bertz CT molecular complexity index is 1170. The molecule has 0 unspecified atom stereocenters. The number of ether oxygens (including phenoxy) is 1. The number of nitrogens with one attached hydrogen (secondary N) is 2. The van der Waals surface area contributed by atoms with E-state index in [4.69, 9.17) is 4.74 Å². The van der Waals surface area contributed by atoms with Crippen LogP contribution < -0.4 is 10.0 Å². The summed E-state index contributed by atoms with van der Waals surface area (Å²) in [6.07, 6.45) is 0.780. The van der Waals surface area contributed by atoms with E-state index >= 15 is 0 Å². The second kappa shape index (κ2) is 10.4. The summed E-state index contributed by atoms with van der Waals surface area (Å²) in [6.45, 7) is 7.14. The average Bonchev–Trinajstić information content (AvgIpc) is 2.84. The molecule has 0 radical (unpaired) electrons. The van der Waals surface area contributed by atoms with Crippen LogP contribution in [0.3, 0.4) is 0 Å². The number of hydrogen-bond acceptors (Lipinski definition) is 8. The Morgan fingerprint density at radius 1 is 1.24 bits per heavy atom. The van der Waals surface area contributed by atoms with Crippen LogP contribution >= 0.6 is 0 Å². The molecule has 1 amide bonds. The van der Waals surface area contributed by atoms with Crippen molar-refractivity contribution < 1.29 is 28.0 Å². The van der Waals surface area contributed by atoms with Crippen LogP contribution in [0.4, 0.5) is 11.4 Å². The molecule has 1 fully saturated rings. The van der Waals surface area contributed by atoms with Gasteiger partial charge in [-0.25, -0.2) is 8.42 Å². The van der Waals surface area contributed by atoms with Gasteiger partial charge in [0.1, 0.15) is 5.75 Å². The number of rotatable bonds is 9. The number of aromatic hydroxyl groups is 1. The fourth-order valence-electron chi connectivity index (χ4n) is 3.69. The maximum absolute atomic E-state index is 12.9. The zero-order chi connectivity index (χ0) is 24.9. The standard InChI is InChI=1S/C22H28N4O7S/c1-3-22(2,25-9-11-33-12-10-25)15-23-21(28)19-13-16(7-8-20(19)27)24-34(31,32)18-6-4-5-17(14-18)26(29)30/h4-8,13-14,24,27H,3,9-12,15H2,1-2H3,(H,23,28)/t22-/m0/s1. The van der Waals surface area contributed by atoms with Crippen molar-refractivity contribution in [1.29, 1.82) is 0 Å². The first-order chi connectivity index (χ1) is 16.1. The van der Waals surface area contributed by atoms with Crippen LogP contribution in [0.15, 0.2) is 47.4 Å². The number of nitrogens with zero attached hydrogens (tertiary/aromatic N) is 2. The summed E-state index contributed by atoms with van der Waals surface area (Å²) in [5.74, 6) is -0.859. The average molecular weight is 493 g/mol. The van der Waals surface area contributed by atoms with Crippen molar-refractivity contribution in [3.63, 3.8) is 0 Å². The lowest BCUT2D eigenvalue weighted by atomic mass is 9.95. The van der Waals surface area contributed by atoms with Gasteiger partial charge in [-0.3, -0.25) is 24.5 Å². The fraction of sp³-hybridized carbons (Fsp3) is 0.409. The number of nitro groups is 1. The molecule has 0 aliphatic carbocycles. The van der Waals surface area contributed by atoms with E-state index < -0.39 is 20.9 Å². The maximum Gasteiger partial charge on any atom is 0.270 e. The lowest BCUT2D eigenvalue weighted by molar-refractivity contribution is -0.385. The number of phenols is 1. The summed E-state index contributed by atoms with van der Waals surface area (Å²) in [5.41, 5.74) is -0.746. The topological polar surface area (TPSA) is 151 Å². The summed E-state index contributed by atoms with van der Waals surface area (Å²) in [4.78, 5) is 25.1. The second-order valence-electron chi connectivity index (χ2n) is 8.22. The smallest absolute Gasteiger partial charge is 0.270 e. The van der Waals surface area contributed by atoms with Gasteiger partial charge in [0.15, 0.2) is 0 Å². The number of phenolic OH excluding ortho intramolecular Hbond substituents is 1. The quantitative estimate of drug-likeness (QED) is 0.274. The van der Waals surface area contributed by atoms with Gasteiger partial charge in [-0.05, 0) is 37.6 Å². The Morgan fingerprint density at radius 3 is 2.59 bits per heavy atom. The van der Waals surface area contributed by atoms with Crippen molar-refractivity contribution in [2.75, 3.05) is 37.6 Å². The van der Waals surface area contributed by atoms with Gasteiger partial charge in [0, 0.05) is 43.0 Å². The van der Waals surface area contributed by atoms with E-state index in [0.29, 0.717) is 19.8 Å². The molecule has 3 N–H and O–H groups in total. The fourth-order valence-corrected chi connectivity index (χ4v) is 4.78. The number of hydrogen-bond donors (Lipinski definition) is 3. The molecule has 0 spiro atoms. The molecular formula is C22H28N4O7S. The number of anilines is 1. The predicted octanol–water partition coefficient (Wildman–Crippen LogP) is 2.33. The lowest BCUT2D eigenvalue weighted by Gasteiger charge is -2.43. The third-order valence-corrected chi connectivity index (χ3v) is 7.38. The van der Waals surface area contributed by atoms with E-state index in [0.717, 1.165) is 25.6 Å². The molecular weight excluding hydrogens is 464 g/mol. The van der Waals surface area contributed by atoms with Crippen LogP contribution in [-0.2, 0) is 14.8 Å². The molecule has 0 saturated carbocycles. The highest BCUT2D eigenvalue weighted by Gasteiger charge is 2.32. The van der Waals surface area contributed by atoms with Gasteiger partial charge in [0.05, 0.1) is 28.6 Å². The van der Waals surface area contributed by atoms with E-state index in [2.05, 4.69) is 14.9 Å². The van der Waals surface area contributed by atoms with Gasteiger partial charge >= 0.3 is 0 Å². The number of morpholine rings is 1. The first-order valence-corrected chi connectivity index (χ1v) is 12.3. The number of nitro benzene ring substituents is 1. The summed E-state index contributed by atoms with van der Waals surface area (Å²) in [5, 5.41) is 24.0. The van der Waals surface area contributed by atoms with E-state index in [1.54, 1.807) is 0 Å². The molecule has 12 heteroatoms. The van der Waals surface area contributed by atoms with Crippen LogP contribution in [-0.4, -0.2) is 67.6 Å². The van der Waals surface area contributed by atoms with Crippen LogP contribution in [0.25, 0.3) is 0 Å². The molecule has 1 atom stereocenters. The van der Waals surface area contributed by atoms with E-state index in [-0.39, 0.29) is 33.1 Å². The summed E-state index contributed by atoms with van der Waals surface area (Å²) in [7, 11) is -4.16. The van der Waals surface area contributed by atoms with Crippen LogP contribution in [0.2, 0.25) is 0 Å². The predicted molar refractivity (Wildman–Crippen MR) is 125 cm³/mol. The number of amides is 1. The van der Waals surface area contributed by atoms with Crippen LogP contribution in [0, 0.1) is 10.1 Å². The second-order valence-corrected chi connectivity index (χ2v) is 9.91. The third-order valence-electron chi connectivity index (χ3n) is 6.00. The van der Waals surface area contributed by atoms with Crippen molar-refractivity contribution in [3.05, 3.63) is 58.1 Å². The van der Waals surface area contributed by atoms with Gasteiger partial charge in [0.25, 0.3) is 21.6 Å². The summed E-state index contributed by atoms with van der Waals surface area (Å²) >= 11 is 0. The first kappa shape index (κ1) is 25.4. The normalized spacial score (nSPS) is 16.4. The Balaban J connectivity index is 1.76. The molecule has 3 rings (SSSR count). The molecule has 34 heavy (non-hydrogen) atoms. The molecule has 184 valence electrons. The minimum absolute atomic E-state index is 0.0286. The first-order valence-electron chi connectivity index (χ1n) is 10.8. The number of benzene rings is 2. The molecule has 0 aromatic heterocycles. The minimum atomic E-state index is -4.16. The van der Waals surface area contributed by atoms with Crippen molar-refractivity contribution in [2.24, 2.45) is 0 Å². The molecule has 11 nitrogen and oxygen atoms in total. The monoisotopic (exact) mass is 492 g/mol. The van der Waals surface area contributed by atoms with E-state index in [9.17, 15) is 28.4 Å². The SMILES string of the molecule is CC[C@@](C)(CNC(=O)c1cc(NS(=O)(=O)c2cccc([N+](=O)[O-])c2)ccc1O)N1CCOCC1. The van der Waals surface area contributed by atoms with Crippen molar-refractivity contribution in [3.8, 4) is 5.75 Å². The number of carbonyl (C=O) groups is 1. The van der Waals surface area contributed by atoms with Crippen molar-refractivity contribution in [1.82, 2.24) is 10.2 Å². The minimum Gasteiger partial charge on any atom is -0.507 e. The largest absolute Gasteiger partial charge is 0.507 e. The summed E-state index contributed by atoms with van der Waals surface area (Å²) < 4.78 is 33.1. The molecule has 1 saturated heterocycles. The zero-order valence-corrected chi connectivity index (χ0v) is 19.8. The Hall–Kier alpha value is -3.22.